The van der Waals surface area contributed by atoms with Gasteiger partial charge in [0.1, 0.15) is 6.54 Å². The quantitative estimate of drug-likeness (QED) is 0.835. The van der Waals surface area contributed by atoms with E-state index in [9.17, 15) is 26.4 Å². The lowest BCUT2D eigenvalue weighted by Gasteiger charge is -2.22. The Balaban J connectivity index is 2.31. The molecule has 0 atom stereocenters. The smallest absolute Gasteiger partial charge is 0.245 e. The van der Waals surface area contributed by atoms with Crippen molar-refractivity contribution in [3.05, 3.63) is 59.9 Å². The van der Waals surface area contributed by atoms with Crippen molar-refractivity contribution < 1.29 is 26.4 Å². The summed E-state index contributed by atoms with van der Waals surface area (Å²) in [6, 6.07) is 9.50. The lowest BCUT2D eigenvalue weighted by atomic mass is 10.2. The summed E-state index contributed by atoms with van der Waals surface area (Å²) in [5, 5.41) is 2.42. The molecule has 2 aromatic carbocycles. The minimum Gasteiger partial charge on any atom is -0.325 e. The molecule has 0 bridgehead atoms. The van der Waals surface area contributed by atoms with Crippen molar-refractivity contribution in [2.75, 3.05) is 22.4 Å². The van der Waals surface area contributed by atoms with E-state index in [4.69, 9.17) is 0 Å². The van der Waals surface area contributed by atoms with E-state index >= 15 is 0 Å². The molecule has 0 aliphatic heterocycles. The standard InChI is InChI=1S/C15H13F3N2O3S/c1-24(22,23)20(12-8-7-11(16)14(17)15(12)18)9-13(21)19-10-5-3-2-4-6-10/h2-8H,9H2,1H3,(H,19,21). The fourth-order valence-corrected chi connectivity index (χ4v) is 2.79. The maximum absolute atomic E-state index is 13.9. The lowest BCUT2D eigenvalue weighted by molar-refractivity contribution is -0.114. The van der Waals surface area contributed by atoms with Gasteiger partial charge in [0, 0.05) is 5.69 Å². The van der Waals surface area contributed by atoms with Gasteiger partial charge in [-0.25, -0.2) is 21.6 Å². The predicted molar refractivity (Wildman–Crippen MR) is 83.6 cm³/mol. The van der Waals surface area contributed by atoms with Gasteiger partial charge in [-0.2, -0.15) is 0 Å². The van der Waals surface area contributed by atoms with Gasteiger partial charge in [-0.05, 0) is 24.3 Å². The minimum atomic E-state index is -4.11. The van der Waals surface area contributed by atoms with E-state index in [2.05, 4.69) is 5.32 Å². The second kappa shape index (κ2) is 6.91. The van der Waals surface area contributed by atoms with Crippen molar-refractivity contribution in [3.63, 3.8) is 0 Å². The molecule has 0 heterocycles. The number of rotatable bonds is 5. The average Bonchev–Trinajstić information content (AvgIpc) is 2.51. The van der Waals surface area contributed by atoms with Crippen LogP contribution in [0.2, 0.25) is 0 Å². The number of carbonyl (C=O) groups excluding carboxylic acids is 1. The van der Waals surface area contributed by atoms with Crippen LogP contribution in [-0.4, -0.2) is 27.1 Å². The molecule has 2 rings (SSSR count). The first-order chi connectivity index (χ1) is 11.2. The molecule has 0 saturated carbocycles. The van der Waals surface area contributed by atoms with Crippen molar-refractivity contribution in [1.29, 1.82) is 0 Å². The van der Waals surface area contributed by atoms with E-state index in [1.165, 1.54) is 0 Å². The van der Waals surface area contributed by atoms with E-state index < -0.39 is 45.6 Å². The molecule has 24 heavy (non-hydrogen) atoms. The number of nitrogens with zero attached hydrogens (tertiary/aromatic N) is 1. The summed E-state index contributed by atoms with van der Waals surface area (Å²) < 4.78 is 64.3. The van der Waals surface area contributed by atoms with Crippen LogP contribution in [0.25, 0.3) is 0 Å². The number of sulfonamides is 1. The number of para-hydroxylation sites is 1. The maximum atomic E-state index is 13.9. The van der Waals surface area contributed by atoms with Crippen LogP contribution in [0, 0.1) is 17.5 Å². The first-order valence-electron chi connectivity index (χ1n) is 6.66. The highest BCUT2D eigenvalue weighted by molar-refractivity contribution is 7.92. The van der Waals surface area contributed by atoms with Crippen molar-refractivity contribution >= 4 is 27.3 Å². The Morgan fingerprint density at radius 1 is 1.04 bits per heavy atom. The molecule has 0 aromatic heterocycles. The van der Waals surface area contributed by atoms with Gasteiger partial charge in [0.25, 0.3) is 0 Å². The van der Waals surface area contributed by atoms with Crippen LogP contribution in [-0.2, 0) is 14.8 Å². The monoisotopic (exact) mass is 358 g/mol. The summed E-state index contributed by atoms with van der Waals surface area (Å²) in [6.45, 7) is -0.796. The Morgan fingerprint density at radius 2 is 1.67 bits per heavy atom. The summed E-state index contributed by atoms with van der Waals surface area (Å²) in [5.74, 6) is -5.73. The highest BCUT2D eigenvalue weighted by atomic mass is 32.2. The van der Waals surface area contributed by atoms with E-state index in [0.717, 1.165) is 12.3 Å². The molecule has 0 unspecified atom stereocenters. The van der Waals surface area contributed by atoms with Crippen LogP contribution < -0.4 is 9.62 Å². The molecule has 9 heteroatoms. The number of hydrogen-bond acceptors (Lipinski definition) is 3. The molecule has 0 radical (unpaired) electrons. The van der Waals surface area contributed by atoms with Gasteiger partial charge < -0.3 is 5.32 Å². The van der Waals surface area contributed by atoms with E-state index in [0.29, 0.717) is 16.1 Å². The van der Waals surface area contributed by atoms with Gasteiger partial charge in [-0.1, -0.05) is 18.2 Å². The second-order valence-electron chi connectivity index (χ2n) is 4.88. The van der Waals surface area contributed by atoms with E-state index in [-0.39, 0.29) is 0 Å². The first-order valence-corrected chi connectivity index (χ1v) is 8.51. The fourth-order valence-electron chi connectivity index (χ4n) is 1.94. The molecule has 0 aliphatic carbocycles. The van der Waals surface area contributed by atoms with E-state index in [1.54, 1.807) is 30.3 Å². The molecule has 1 amide bonds. The summed E-state index contributed by atoms with van der Waals surface area (Å²) in [7, 11) is -4.11. The molecule has 1 N–H and O–H groups in total. The Labute approximate surface area is 136 Å². The van der Waals surface area contributed by atoms with Gasteiger partial charge in [0.15, 0.2) is 17.5 Å². The molecule has 0 spiro atoms. The Bertz CT molecular complexity index is 858. The second-order valence-corrected chi connectivity index (χ2v) is 6.79. The third-order valence-corrected chi connectivity index (χ3v) is 4.16. The third kappa shape index (κ3) is 4.05. The third-order valence-electron chi connectivity index (χ3n) is 3.03. The number of carbonyl (C=O) groups is 1. The van der Waals surface area contributed by atoms with Crippen molar-refractivity contribution in [1.82, 2.24) is 0 Å². The van der Waals surface area contributed by atoms with Crippen molar-refractivity contribution in [2.45, 2.75) is 0 Å². The molecular weight excluding hydrogens is 345 g/mol. The van der Waals surface area contributed by atoms with Crippen LogP contribution in [0.15, 0.2) is 42.5 Å². The number of benzene rings is 2. The van der Waals surface area contributed by atoms with Crippen LogP contribution in [0.1, 0.15) is 0 Å². The maximum Gasteiger partial charge on any atom is 0.245 e. The Hall–Kier alpha value is -2.55. The van der Waals surface area contributed by atoms with Gasteiger partial charge in [0.2, 0.25) is 15.9 Å². The minimum absolute atomic E-state index is 0.364. The molecule has 0 fully saturated rings. The van der Waals surface area contributed by atoms with Crippen LogP contribution in [0.4, 0.5) is 24.5 Å². The zero-order valence-electron chi connectivity index (χ0n) is 12.5. The van der Waals surface area contributed by atoms with Crippen LogP contribution in [0.5, 0.6) is 0 Å². The van der Waals surface area contributed by atoms with Crippen LogP contribution >= 0.6 is 0 Å². The van der Waals surface area contributed by atoms with Gasteiger partial charge in [0.05, 0.1) is 11.9 Å². The number of hydrogen-bond donors (Lipinski definition) is 1. The number of nitrogens with one attached hydrogen (secondary N) is 1. The summed E-state index contributed by atoms with van der Waals surface area (Å²) in [4.78, 5) is 12.0. The highest BCUT2D eigenvalue weighted by Crippen LogP contribution is 2.25. The van der Waals surface area contributed by atoms with E-state index in [1.807, 2.05) is 0 Å². The number of amides is 1. The summed E-state index contributed by atoms with van der Waals surface area (Å²) in [5.41, 5.74) is -0.346. The van der Waals surface area contributed by atoms with Gasteiger partial charge >= 0.3 is 0 Å². The highest BCUT2D eigenvalue weighted by Gasteiger charge is 2.26. The molecule has 5 nitrogen and oxygen atoms in total. The van der Waals surface area contributed by atoms with Crippen molar-refractivity contribution in [3.8, 4) is 0 Å². The fraction of sp³-hybridized carbons (Fsp3) is 0.133. The largest absolute Gasteiger partial charge is 0.325 e. The average molecular weight is 358 g/mol. The lowest BCUT2D eigenvalue weighted by Crippen LogP contribution is -2.38. The summed E-state index contributed by atoms with van der Waals surface area (Å²) >= 11 is 0. The number of anilines is 2. The topological polar surface area (TPSA) is 66.5 Å². The Morgan fingerprint density at radius 3 is 2.25 bits per heavy atom. The van der Waals surface area contributed by atoms with Gasteiger partial charge in [-0.3, -0.25) is 9.10 Å². The predicted octanol–water partition coefficient (Wildman–Crippen LogP) is 2.51. The molecule has 2 aromatic rings. The molecule has 128 valence electrons. The van der Waals surface area contributed by atoms with Gasteiger partial charge in [-0.15, -0.1) is 0 Å². The number of halogens is 3. The molecule has 0 saturated heterocycles. The molecule has 0 aliphatic rings. The first kappa shape index (κ1) is 17.8. The SMILES string of the molecule is CS(=O)(=O)N(CC(=O)Nc1ccccc1)c1ccc(F)c(F)c1F. The zero-order valence-corrected chi connectivity index (χ0v) is 13.3. The summed E-state index contributed by atoms with van der Waals surface area (Å²) in [6.07, 6.45) is 0.726. The normalized spacial score (nSPS) is 11.2. The van der Waals surface area contributed by atoms with Crippen molar-refractivity contribution in [2.24, 2.45) is 0 Å². The zero-order chi connectivity index (χ0) is 17.9. The Kier molecular flexibility index (Phi) is 5.13. The molecular formula is C15H13F3N2O3S. The van der Waals surface area contributed by atoms with Crippen LogP contribution in [0.3, 0.4) is 0 Å².